The molecule has 3 rings (SSSR count). The van der Waals surface area contributed by atoms with Crippen LogP contribution in [-0.2, 0) is 4.79 Å². The normalized spacial score (nSPS) is 16.7. The molecule has 0 aromatic heterocycles. The van der Waals surface area contributed by atoms with Gasteiger partial charge in [0.25, 0.3) is 0 Å². The summed E-state index contributed by atoms with van der Waals surface area (Å²) in [5.41, 5.74) is 2.02. The Morgan fingerprint density at radius 1 is 1.00 bits per heavy atom. The Bertz CT molecular complexity index is 644. The lowest BCUT2D eigenvalue weighted by atomic mass is 9.98. The number of carbonyl (C=O) groups is 1. The minimum atomic E-state index is -0.216. The van der Waals surface area contributed by atoms with E-state index in [-0.39, 0.29) is 18.0 Å². The molecule has 1 atom stereocenters. The predicted molar refractivity (Wildman–Crippen MR) is 97.0 cm³/mol. The molecule has 2 N–H and O–H groups in total. The highest BCUT2D eigenvalue weighted by atomic mass is 16.5. The number of methoxy groups -OCH3 is 2. The molecule has 1 saturated heterocycles. The van der Waals surface area contributed by atoms with Crippen LogP contribution in [0.25, 0.3) is 0 Å². The zero-order valence-electron chi connectivity index (χ0n) is 14.6. The number of benzene rings is 2. The van der Waals surface area contributed by atoms with Crippen LogP contribution in [0.2, 0.25) is 0 Å². The molecule has 0 bridgehead atoms. The number of rotatable bonds is 6. The molecule has 1 heterocycles. The van der Waals surface area contributed by atoms with Gasteiger partial charge in [0.15, 0.2) is 0 Å². The first-order chi connectivity index (χ1) is 12.2. The van der Waals surface area contributed by atoms with E-state index >= 15 is 0 Å². The van der Waals surface area contributed by atoms with Crippen LogP contribution in [0.15, 0.2) is 48.5 Å². The third kappa shape index (κ3) is 4.12. The molecule has 0 saturated carbocycles. The largest absolute Gasteiger partial charge is 0.497 e. The summed E-state index contributed by atoms with van der Waals surface area (Å²) in [5, 5.41) is 6.43. The van der Waals surface area contributed by atoms with Crippen LogP contribution in [0.4, 0.5) is 0 Å². The van der Waals surface area contributed by atoms with Gasteiger partial charge in [-0.05, 0) is 54.8 Å². The average molecular weight is 340 g/mol. The fraction of sp³-hybridized carbons (Fsp3) is 0.350. The number of carbonyl (C=O) groups excluding carboxylic acids is 1. The Kier molecular flexibility index (Phi) is 5.56. The van der Waals surface area contributed by atoms with Gasteiger partial charge in [-0.25, -0.2) is 0 Å². The highest BCUT2D eigenvalue weighted by Gasteiger charge is 2.25. The summed E-state index contributed by atoms with van der Waals surface area (Å²) in [6, 6.07) is 15.2. The second-order valence-corrected chi connectivity index (χ2v) is 6.14. The maximum Gasteiger partial charge on any atom is 0.237 e. The molecular weight excluding hydrogens is 316 g/mol. The van der Waals surface area contributed by atoms with Gasteiger partial charge >= 0.3 is 0 Å². The Labute approximate surface area is 148 Å². The van der Waals surface area contributed by atoms with Gasteiger partial charge in [0.05, 0.1) is 26.3 Å². The van der Waals surface area contributed by atoms with Crippen LogP contribution in [-0.4, -0.2) is 32.7 Å². The van der Waals surface area contributed by atoms with Crippen molar-refractivity contribution < 1.29 is 14.3 Å². The van der Waals surface area contributed by atoms with Crippen LogP contribution in [0.3, 0.4) is 0 Å². The summed E-state index contributed by atoms with van der Waals surface area (Å²) in [7, 11) is 3.28. The molecule has 1 amide bonds. The fourth-order valence-electron chi connectivity index (χ4n) is 3.10. The van der Waals surface area contributed by atoms with Crippen molar-refractivity contribution in [2.75, 3.05) is 20.8 Å². The van der Waals surface area contributed by atoms with Gasteiger partial charge in [0.2, 0.25) is 5.91 Å². The highest BCUT2D eigenvalue weighted by Crippen LogP contribution is 2.26. The van der Waals surface area contributed by atoms with Crippen LogP contribution >= 0.6 is 0 Å². The molecule has 1 aliphatic heterocycles. The number of ether oxygens (including phenoxy) is 2. The smallest absolute Gasteiger partial charge is 0.237 e. The molecule has 132 valence electrons. The van der Waals surface area contributed by atoms with E-state index in [1.807, 2.05) is 48.5 Å². The molecule has 1 fully saturated rings. The molecule has 2 aromatic rings. The number of nitrogens with one attached hydrogen (secondary N) is 2. The fourth-order valence-corrected chi connectivity index (χ4v) is 3.10. The van der Waals surface area contributed by atoms with E-state index in [0.29, 0.717) is 0 Å². The lowest BCUT2D eigenvalue weighted by Gasteiger charge is -2.22. The van der Waals surface area contributed by atoms with E-state index < -0.39 is 0 Å². The van der Waals surface area contributed by atoms with Gasteiger partial charge < -0.3 is 20.1 Å². The molecule has 2 aromatic carbocycles. The van der Waals surface area contributed by atoms with Gasteiger partial charge in [-0.15, -0.1) is 0 Å². The molecule has 5 nitrogen and oxygen atoms in total. The first-order valence-electron chi connectivity index (χ1n) is 8.53. The molecule has 0 radical (unpaired) electrons. The van der Waals surface area contributed by atoms with Gasteiger partial charge in [-0.1, -0.05) is 24.3 Å². The van der Waals surface area contributed by atoms with Crippen LogP contribution in [0, 0.1) is 0 Å². The quantitative estimate of drug-likeness (QED) is 0.849. The first kappa shape index (κ1) is 17.3. The maximum atomic E-state index is 12.6. The molecular formula is C20H24N2O3. The average Bonchev–Trinajstić information content (AvgIpc) is 3.21. The van der Waals surface area contributed by atoms with E-state index in [1.165, 1.54) is 0 Å². The summed E-state index contributed by atoms with van der Waals surface area (Å²) < 4.78 is 10.5. The van der Waals surface area contributed by atoms with E-state index in [2.05, 4.69) is 10.6 Å². The SMILES string of the molecule is COc1ccc(C(NC(=O)C2CCCN2)c2ccc(OC)cc2)cc1. The van der Waals surface area contributed by atoms with Crippen LogP contribution < -0.4 is 20.1 Å². The van der Waals surface area contributed by atoms with Crippen molar-refractivity contribution in [3.05, 3.63) is 59.7 Å². The lowest BCUT2D eigenvalue weighted by Crippen LogP contribution is -2.42. The van der Waals surface area contributed by atoms with Gasteiger partial charge in [-0.2, -0.15) is 0 Å². The summed E-state index contributed by atoms with van der Waals surface area (Å²) >= 11 is 0. The minimum absolute atomic E-state index is 0.0362. The monoisotopic (exact) mass is 340 g/mol. The van der Waals surface area contributed by atoms with Crippen molar-refractivity contribution >= 4 is 5.91 Å². The Hall–Kier alpha value is -2.53. The highest BCUT2D eigenvalue weighted by molar-refractivity contribution is 5.82. The Morgan fingerprint density at radius 3 is 1.92 bits per heavy atom. The number of hydrogen-bond donors (Lipinski definition) is 2. The standard InChI is InChI=1S/C20H24N2O3/c1-24-16-9-5-14(6-10-16)19(15-7-11-17(25-2)12-8-15)22-20(23)18-4-3-13-21-18/h5-12,18-19,21H,3-4,13H2,1-2H3,(H,22,23). The zero-order chi connectivity index (χ0) is 17.6. The summed E-state index contributed by atoms with van der Waals surface area (Å²) in [6.45, 7) is 0.897. The van der Waals surface area contributed by atoms with E-state index in [4.69, 9.17) is 9.47 Å². The Balaban J connectivity index is 1.87. The van der Waals surface area contributed by atoms with Gasteiger partial charge in [0.1, 0.15) is 11.5 Å². The summed E-state index contributed by atoms with van der Waals surface area (Å²) in [5.74, 6) is 1.62. The molecule has 5 heteroatoms. The second-order valence-electron chi connectivity index (χ2n) is 6.14. The number of amides is 1. The topological polar surface area (TPSA) is 59.6 Å². The van der Waals surface area contributed by atoms with Crippen molar-refractivity contribution in [2.45, 2.75) is 24.9 Å². The molecule has 1 aliphatic rings. The maximum absolute atomic E-state index is 12.6. The molecule has 25 heavy (non-hydrogen) atoms. The van der Waals surface area contributed by atoms with Gasteiger partial charge in [0, 0.05) is 0 Å². The first-order valence-corrected chi connectivity index (χ1v) is 8.53. The Morgan fingerprint density at radius 2 is 1.52 bits per heavy atom. The number of hydrogen-bond acceptors (Lipinski definition) is 4. The van der Waals surface area contributed by atoms with E-state index in [9.17, 15) is 4.79 Å². The van der Waals surface area contributed by atoms with Crippen molar-refractivity contribution in [1.29, 1.82) is 0 Å². The van der Waals surface area contributed by atoms with Crippen molar-refractivity contribution in [3.63, 3.8) is 0 Å². The van der Waals surface area contributed by atoms with Crippen molar-refractivity contribution in [3.8, 4) is 11.5 Å². The molecule has 0 aliphatic carbocycles. The van der Waals surface area contributed by atoms with E-state index in [1.54, 1.807) is 14.2 Å². The second kappa shape index (κ2) is 8.03. The van der Waals surface area contributed by atoms with Crippen LogP contribution in [0.1, 0.15) is 30.0 Å². The van der Waals surface area contributed by atoms with Crippen molar-refractivity contribution in [2.24, 2.45) is 0 Å². The third-order valence-electron chi connectivity index (χ3n) is 4.56. The molecule has 1 unspecified atom stereocenters. The molecule has 0 spiro atoms. The predicted octanol–water partition coefficient (Wildman–Crippen LogP) is 2.66. The van der Waals surface area contributed by atoms with Crippen LogP contribution in [0.5, 0.6) is 11.5 Å². The van der Waals surface area contributed by atoms with Gasteiger partial charge in [-0.3, -0.25) is 4.79 Å². The van der Waals surface area contributed by atoms with E-state index in [0.717, 1.165) is 42.0 Å². The zero-order valence-corrected chi connectivity index (χ0v) is 14.6. The lowest BCUT2D eigenvalue weighted by molar-refractivity contribution is -0.123. The van der Waals surface area contributed by atoms with Crippen molar-refractivity contribution in [1.82, 2.24) is 10.6 Å². The summed E-state index contributed by atoms with van der Waals surface area (Å²) in [4.78, 5) is 12.6. The third-order valence-corrected chi connectivity index (χ3v) is 4.56. The minimum Gasteiger partial charge on any atom is -0.497 e. The summed E-state index contributed by atoms with van der Waals surface area (Å²) in [6.07, 6.45) is 1.91.